The Morgan fingerprint density at radius 2 is 1.21 bits per heavy atom. The molecule has 22 nitrogen and oxygen atoms in total. The van der Waals surface area contributed by atoms with Gasteiger partial charge >= 0.3 is 5.97 Å². The van der Waals surface area contributed by atoms with E-state index in [1.807, 2.05) is 13.8 Å². The predicted octanol–water partition coefficient (Wildman–Crippen LogP) is -3.01. The van der Waals surface area contributed by atoms with Gasteiger partial charge in [0.25, 0.3) is 0 Å². The number of rotatable bonds is 29. The lowest BCUT2D eigenvalue weighted by molar-refractivity contribution is -0.142. The van der Waals surface area contributed by atoms with E-state index < -0.39 is 77.7 Å². The van der Waals surface area contributed by atoms with Crippen molar-refractivity contribution in [3.63, 3.8) is 0 Å². The second-order valence-electron chi connectivity index (χ2n) is 14.8. The van der Waals surface area contributed by atoms with Crippen molar-refractivity contribution in [1.29, 1.82) is 0 Å². The van der Waals surface area contributed by atoms with Crippen LogP contribution >= 0.6 is 0 Å². The minimum absolute atomic E-state index is 0.0328. The van der Waals surface area contributed by atoms with Gasteiger partial charge in [-0.3, -0.25) is 34.0 Å². The monoisotopic (exact) mass is 822 g/mol. The minimum atomic E-state index is -1.27. The van der Waals surface area contributed by atoms with E-state index in [9.17, 15) is 33.9 Å². The van der Waals surface area contributed by atoms with Gasteiger partial charge in [-0.1, -0.05) is 27.7 Å². The number of carboxylic acid groups (broad SMARTS) is 1. The molecule has 0 spiro atoms. The summed E-state index contributed by atoms with van der Waals surface area (Å²) in [7, 11) is 1.79. The smallest absolute Gasteiger partial charge is 0.326 e. The van der Waals surface area contributed by atoms with Crippen LogP contribution in [0, 0.1) is 11.8 Å². The number of imidazole rings is 1. The van der Waals surface area contributed by atoms with Crippen LogP contribution in [0.15, 0.2) is 22.5 Å². The lowest BCUT2D eigenvalue weighted by atomic mass is 9.98. The number of carbonyl (C=O) groups excluding carboxylic acids is 5. The van der Waals surface area contributed by atoms with E-state index in [-0.39, 0.29) is 69.5 Å². The Bertz CT molecular complexity index is 1500. The molecule has 328 valence electrons. The van der Waals surface area contributed by atoms with Gasteiger partial charge in [-0.15, -0.1) is 0 Å². The topological polar surface area (TPSA) is 378 Å². The fourth-order valence-electron chi connectivity index (χ4n) is 5.75. The summed E-state index contributed by atoms with van der Waals surface area (Å²) in [5, 5.41) is 26.2. The Morgan fingerprint density at radius 3 is 1.71 bits per heavy atom. The zero-order chi connectivity index (χ0) is 43.8. The molecule has 0 bridgehead atoms. The average Bonchev–Trinajstić information content (AvgIpc) is 3.65. The molecular formula is C36H67N15O7. The van der Waals surface area contributed by atoms with Crippen LogP contribution in [0.5, 0.6) is 0 Å². The first kappa shape index (κ1) is 50.5. The fraction of sp³-hybridized carbons (Fsp3) is 0.694. The summed E-state index contributed by atoms with van der Waals surface area (Å²) in [6, 6.07) is -6.83. The van der Waals surface area contributed by atoms with Gasteiger partial charge in [0.15, 0.2) is 11.9 Å². The highest BCUT2D eigenvalue weighted by Crippen LogP contribution is 2.12. The normalized spacial score (nSPS) is 14.2. The van der Waals surface area contributed by atoms with Gasteiger partial charge < -0.3 is 70.7 Å². The van der Waals surface area contributed by atoms with E-state index in [1.54, 1.807) is 20.9 Å². The third-order valence-electron chi connectivity index (χ3n) is 8.86. The first-order valence-electron chi connectivity index (χ1n) is 19.6. The molecule has 1 rings (SSSR count). The maximum atomic E-state index is 14.0. The molecule has 0 saturated heterocycles. The Morgan fingerprint density at radius 1 is 0.707 bits per heavy atom. The maximum Gasteiger partial charge on any atom is 0.326 e. The Balaban J connectivity index is 3.25. The number of aliphatic imine (C=N–C) groups is 2. The molecule has 0 unspecified atom stereocenters. The molecule has 0 saturated carbocycles. The molecule has 6 atom stereocenters. The molecule has 22 heteroatoms. The number of unbranched alkanes of at least 4 members (excludes halogenated alkanes) is 1. The van der Waals surface area contributed by atoms with Crippen LogP contribution in [0.25, 0.3) is 0 Å². The first-order valence-corrected chi connectivity index (χ1v) is 19.6. The van der Waals surface area contributed by atoms with Crippen molar-refractivity contribution in [3.8, 4) is 0 Å². The summed E-state index contributed by atoms with van der Waals surface area (Å²) < 4.78 is 0. The summed E-state index contributed by atoms with van der Waals surface area (Å²) in [4.78, 5) is 94.7. The standard InChI is InChI=1S/C36H67N15O7/c1-20(2)16-27(32(55)49-26(34(57)58)12-9-15-45-36(40)41)50-33(56)28(21(3)4)51-31(54)24(10-6-7-13-42-5)48-30(53)25(11-8-14-44-35(38)39)47-29(52)23(37)17-22-18-43-19-46-22/h18-21,23-28,42H,6-17,37H2,1-5H3,(H,43,46)(H,47,52)(H,48,53)(H,49,55)(H,50,56)(H,51,54)(H,57,58)(H4,38,39,44)(H4,40,41,45)/t23-,24-,25-,26-,27-,28-/m0/s1. The number of aliphatic carboxylic acids is 1. The summed E-state index contributed by atoms with van der Waals surface area (Å²) in [6.07, 6.45) is 5.37. The fourth-order valence-corrected chi connectivity index (χ4v) is 5.75. The van der Waals surface area contributed by atoms with Gasteiger partial charge in [0.05, 0.1) is 12.4 Å². The number of amides is 5. The molecule has 1 aromatic heterocycles. The highest BCUT2D eigenvalue weighted by atomic mass is 16.4. The van der Waals surface area contributed by atoms with Crippen LogP contribution in [0.4, 0.5) is 0 Å². The summed E-state index contributed by atoms with van der Waals surface area (Å²) in [5.74, 6) is -5.43. The molecule has 0 aliphatic carbocycles. The highest BCUT2D eigenvalue weighted by molar-refractivity contribution is 5.96. The van der Waals surface area contributed by atoms with Crippen molar-refractivity contribution in [1.82, 2.24) is 41.9 Å². The molecule has 58 heavy (non-hydrogen) atoms. The zero-order valence-corrected chi connectivity index (χ0v) is 34.4. The van der Waals surface area contributed by atoms with E-state index in [0.717, 1.165) is 0 Å². The largest absolute Gasteiger partial charge is 0.480 e. The molecule has 0 radical (unpaired) electrons. The van der Waals surface area contributed by atoms with Gasteiger partial charge in [-0.2, -0.15) is 0 Å². The number of aromatic amines is 1. The van der Waals surface area contributed by atoms with Gasteiger partial charge in [-0.25, -0.2) is 9.78 Å². The lowest BCUT2D eigenvalue weighted by Gasteiger charge is -2.29. The predicted molar refractivity (Wildman–Crippen MR) is 219 cm³/mol. The number of nitrogens with one attached hydrogen (secondary N) is 7. The van der Waals surface area contributed by atoms with Crippen LogP contribution in [0.2, 0.25) is 0 Å². The van der Waals surface area contributed by atoms with Gasteiger partial charge in [0.2, 0.25) is 29.5 Å². The molecule has 0 aromatic carbocycles. The molecule has 5 amide bonds. The van der Waals surface area contributed by atoms with Crippen molar-refractivity contribution in [2.24, 2.45) is 50.5 Å². The molecule has 0 fully saturated rings. The SMILES string of the molecule is CNCCCC[C@H](NC(=O)[C@H](CCCN=C(N)N)NC(=O)[C@@H](N)Cc1cnc[nH]1)C(=O)N[C@H](C(=O)N[C@@H](CC(C)C)C(=O)N[C@@H](CCCN=C(N)N)C(=O)O)C(C)C. The second kappa shape index (κ2) is 27.2. The van der Waals surface area contributed by atoms with E-state index in [4.69, 9.17) is 28.7 Å². The van der Waals surface area contributed by atoms with E-state index in [0.29, 0.717) is 31.5 Å². The van der Waals surface area contributed by atoms with E-state index >= 15 is 0 Å². The first-order chi connectivity index (χ1) is 27.4. The zero-order valence-electron chi connectivity index (χ0n) is 34.4. The minimum Gasteiger partial charge on any atom is -0.480 e. The molecular weight excluding hydrogens is 754 g/mol. The maximum absolute atomic E-state index is 14.0. The Kier molecular flexibility index (Phi) is 23.7. The average molecular weight is 822 g/mol. The number of carbonyl (C=O) groups is 6. The highest BCUT2D eigenvalue weighted by Gasteiger charge is 2.34. The Hall–Kier alpha value is -5.51. The summed E-state index contributed by atoms with van der Waals surface area (Å²) in [5.41, 5.74) is 28.3. The van der Waals surface area contributed by atoms with Crippen molar-refractivity contribution in [2.45, 2.75) is 122 Å². The van der Waals surface area contributed by atoms with E-state index in [2.05, 4.69) is 51.9 Å². The van der Waals surface area contributed by atoms with Crippen LogP contribution in [-0.4, -0.2) is 125 Å². The van der Waals surface area contributed by atoms with Gasteiger partial charge in [0.1, 0.15) is 30.2 Å². The van der Waals surface area contributed by atoms with Crippen LogP contribution in [0.3, 0.4) is 0 Å². The number of H-pyrrole nitrogens is 1. The van der Waals surface area contributed by atoms with Crippen molar-refractivity contribution < 1.29 is 33.9 Å². The Labute approximate surface area is 339 Å². The van der Waals surface area contributed by atoms with Crippen molar-refractivity contribution >= 4 is 47.4 Å². The number of hydrogen-bond acceptors (Lipinski definition) is 11. The summed E-state index contributed by atoms with van der Waals surface area (Å²) >= 11 is 0. The van der Waals surface area contributed by atoms with Crippen LogP contribution in [-0.2, 0) is 35.2 Å². The number of carboxylic acids is 1. The second-order valence-corrected chi connectivity index (χ2v) is 14.8. The third kappa shape index (κ3) is 20.6. The van der Waals surface area contributed by atoms with Gasteiger partial charge in [-0.05, 0) is 76.8 Å². The molecule has 1 heterocycles. The number of nitrogens with zero attached hydrogens (tertiary/aromatic N) is 3. The van der Waals surface area contributed by atoms with Crippen molar-refractivity contribution in [2.75, 3.05) is 26.7 Å². The quantitative estimate of drug-likeness (QED) is 0.0218. The number of guanidine groups is 2. The van der Waals surface area contributed by atoms with Gasteiger partial charge in [0, 0.05) is 31.4 Å². The number of hydrogen-bond donors (Lipinski definition) is 13. The lowest BCUT2D eigenvalue weighted by Crippen LogP contribution is -2.60. The third-order valence-corrected chi connectivity index (χ3v) is 8.86. The molecule has 18 N–H and O–H groups in total. The molecule has 1 aromatic rings. The van der Waals surface area contributed by atoms with Crippen LogP contribution < -0.4 is 60.6 Å². The molecule has 0 aliphatic rings. The van der Waals surface area contributed by atoms with E-state index in [1.165, 1.54) is 12.5 Å². The number of nitrogens with two attached hydrogens (primary N) is 5. The summed E-state index contributed by atoms with van der Waals surface area (Å²) in [6.45, 7) is 8.06. The molecule has 0 aliphatic heterocycles. The van der Waals surface area contributed by atoms with Crippen LogP contribution in [0.1, 0.15) is 84.8 Å². The number of aromatic nitrogens is 2. The van der Waals surface area contributed by atoms with Crippen molar-refractivity contribution in [3.05, 3.63) is 18.2 Å².